The van der Waals surface area contributed by atoms with Gasteiger partial charge in [0.05, 0.1) is 17.2 Å². The number of fused-ring (bicyclic) bond motifs is 4. The van der Waals surface area contributed by atoms with Crippen molar-refractivity contribution in [2.75, 3.05) is 24.5 Å². The van der Waals surface area contributed by atoms with Gasteiger partial charge in [0.15, 0.2) is 0 Å². The number of para-hydroxylation sites is 3. The Hall–Kier alpha value is -3.28. The van der Waals surface area contributed by atoms with E-state index in [1.165, 1.54) is 0 Å². The first-order valence-electron chi connectivity index (χ1n) is 9.50. The number of rotatable bonds is 1. The van der Waals surface area contributed by atoms with Crippen LogP contribution in [-0.2, 0) is 4.79 Å². The predicted molar refractivity (Wildman–Crippen MR) is 106 cm³/mol. The lowest BCUT2D eigenvalue weighted by atomic mass is 9.83. The Morgan fingerprint density at radius 3 is 2.54 bits per heavy atom. The van der Waals surface area contributed by atoms with Gasteiger partial charge >= 0.3 is 0 Å². The number of nitrogens with zero attached hydrogens (tertiary/aromatic N) is 4. The van der Waals surface area contributed by atoms with Gasteiger partial charge in [-0.15, -0.1) is 0 Å². The lowest BCUT2D eigenvalue weighted by molar-refractivity contribution is -0.127. The molecule has 3 heterocycles. The van der Waals surface area contributed by atoms with Gasteiger partial charge in [0.25, 0.3) is 5.91 Å². The summed E-state index contributed by atoms with van der Waals surface area (Å²) in [6.07, 6.45) is 1.55. The van der Waals surface area contributed by atoms with Gasteiger partial charge in [-0.05, 0) is 23.8 Å². The molecule has 6 heteroatoms. The Balaban J connectivity index is 1.53. The summed E-state index contributed by atoms with van der Waals surface area (Å²) >= 11 is 0. The predicted octanol–water partition coefficient (Wildman–Crippen LogP) is 2.85. The van der Waals surface area contributed by atoms with Crippen LogP contribution in [0.25, 0.3) is 11.0 Å². The first-order valence-corrected chi connectivity index (χ1v) is 9.50. The molecule has 0 aliphatic carbocycles. The molecule has 1 fully saturated rings. The quantitative estimate of drug-likeness (QED) is 0.659. The summed E-state index contributed by atoms with van der Waals surface area (Å²) < 4.78 is 0. The summed E-state index contributed by atoms with van der Waals surface area (Å²) in [5, 5.41) is 0. The van der Waals surface area contributed by atoms with Gasteiger partial charge in [-0.1, -0.05) is 30.3 Å². The molecule has 2 amide bonds. The number of carbonyl (C=O) groups excluding carboxylic acids is 2. The monoisotopic (exact) mass is 372 g/mol. The summed E-state index contributed by atoms with van der Waals surface area (Å²) in [6.45, 7) is 3.59. The van der Waals surface area contributed by atoms with Crippen molar-refractivity contribution in [2.45, 2.75) is 12.8 Å². The molecule has 0 saturated carbocycles. The number of amides is 2. The van der Waals surface area contributed by atoms with E-state index in [0.717, 1.165) is 23.3 Å². The van der Waals surface area contributed by atoms with E-state index in [0.29, 0.717) is 24.3 Å². The van der Waals surface area contributed by atoms with Crippen LogP contribution in [0.4, 0.5) is 5.69 Å². The average molecular weight is 372 g/mol. The Morgan fingerprint density at radius 2 is 1.71 bits per heavy atom. The molecule has 2 aromatic carbocycles. The average Bonchev–Trinajstić information content (AvgIpc) is 3.17. The van der Waals surface area contributed by atoms with E-state index >= 15 is 0 Å². The minimum Gasteiger partial charge on any atom is -0.342 e. The minimum atomic E-state index is -0.148. The molecule has 28 heavy (non-hydrogen) atoms. The fraction of sp³-hybridized carbons (Fsp3) is 0.273. The lowest BCUT2D eigenvalue weighted by Gasteiger charge is -2.36. The molecular weight excluding hydrogens is 352 g/mol. The molecule has 6 nitrogen and oxygen atoms in total. The number of benzene rings is 2. The Morgan fingerprint density at radius 1 is 0.964 bits per heavy atom. The summed E-state index contributed by atoms with van der Waals surface area (Å²) in [4.78, 5) is 37.9. The van der Waals surface area contributed by atoms with Gasteiger partial charge < -0.3 is 9.80 Å². The highest BCUT2D eigenvalue weighted by atomic mass is 16.2. The van der Waals surface area contributed by atoms with Crippen molar-refractivity contribution in [2.24, 2.45) is 5.92 Å². The Labute approximate surface area is 162 Å². The van der Waals surface area contributed by atoms with Crippen LogP contribution in [0.1, 0.15) is 28.9 Å². The molecule has 0 radical (unpaired) electrons. The summed E-state index contributed by atoms with van der Waals surface area (Å²) in [5.74, 6) is 0.443. The van der Waals surface area contributed by atoms with Crippen molar-refractivity contribution in [3.05, 3.63) is 66.0 Å². The number of anilines is 1. The molecule has 1 saturated heterocycles. The highest BCUT2D eigenvalue weighted by Crippen LogP contribution is 2.43. The van der Waals surface area contributed by atoms with Crippen molar-refractivity contribution in [3.8, 4) is 0 Å². The highest BCUT2D eigenvalue weighted by Gasteiger charge is 2.42. The van der Waals surface area contributed by atoms with Crippen LogP contribution in [0.2, 0.25) is 0 Å². The molecule has 0 N–H and O–H groups in total. The lowest BCUT2D eigenvalue weighted by Crippen LogP contribution is -2.42. The first kappa shape index (κ1) is 16.9. The summed E-state index contributed by atoms with van der Waals surface area (Å²) in [7, 11) is 0. The van der Waals surface area contributed by atoms with E-state index in [4.69, 9.17) is 0 Å². The molecule has 3 aromatic rings. The minimum absolute atomic E-state index is 0.0881. The van der Waals surface area contributed by atoms with Crippen LogP contribution in [-0.4, -0.2) is 46.3 Å². The van der Waals surface area contributed by atoms with Crippen LogP contribution in [0, 0.1) is 5.92 Å². The van der Waals surface area contributed by atoms with Crippen LogP contribution < -0.4 is 4.90 Å². The number of likely N-dealkylation sites (tertiary alicyclic amines) is 1. The summed E-state index contributed by atoms with van der Waals surface area (Å²) in [5.41, 5.74) is 3.86. The maximum atomic E-state index is 13.4. The largest absolute Gasteiger partial charge is 0.342 e. The zero-order valence-electron chi connectivity index (χ0n) is 15.6. The molecule has 5 rings (SSSR count). The van der Waals surface area contributed by atoms with Crippen molar-refractivity contribution >= 4 is 28.5 Å². The van der Waals surface area contributed by atoms with Crippen molar-refractivity contribution < 1.29 is 9.59 Å². The van der Waals surface area contributed by atoms with Crippen LogP contribution >= 0.6 is 0 Å². The van der Waals surface area contributed by atoms with E-state index < -0.39 is 0 Å². The van der Waals surface area contributed by atoms with E-state index in [9.17, 15) is 9.59 Å². The fourth-order valence-corrected chi connectivity index (χ4v) is 4.44. The third-order valence-electron chi connectivity index (χ3n) is 5.84. The molecule has 2 aliphatic rings. The molecule has 1 aromatic heterocycles. The van der Waals surface area contributed by atoms with Crippen LogP contribution in [0.15, 0.2) is 54.7 Å². The third kappa shape index (κ3) is 2.64. The first-order chi connectivity index (χ1) is 13.6. The van der Waals surface area contributed by atoms with Crippen LogP contribution in [0.3, 0.4) is 0 Å². The van der Waals surface area contributed by atoms with Gasteiger partial charge in [-0.25, -0.2) is 4.98 Å². The van der Waals surface area contributed by atoms with E-state index in [-0.39, 0.29) is 23.7 Å². The Bertz CT molecular complexity index is 1100. The maximum absolute atomic E-state index is 13.4. The van der Waals surface area contributed by atoms with Crippen molar-refractivity contribution in [1.29, 1.82) is 0 Å². The molecular formula is C22H20N4O2. The van der Waals surface area contributed by atoms with Gasteiger partial charge in [0.2, 0.25) is 5.91 Å². The van der Waals surface area contributed by atoms with Crippen molar-refractivity contribution in [1.82, 2.24) is 14.9 Å². The Kier molecular flexibility index (Phi) is 3.86. The van der Waals surface area contributed by atoms with Gasteiger partial charge in [-0.3, -0.25) is 14.6 Å². The standard InChI is InChI=1S/C22H20N4O2/c1-14(27)25-11-15-12-26(21-9-5-2-6-16(21)17(15)13-25)22(28)20-10-23-18-7-3-4-8-19(18)24-20/h2-10,15,17H,11-13H2,1H3. The number of hydrogen-bond donors (Lipinski definition) is 0. The summed E-state index contributed by atoms with van der Waals surface area (Å²) in [6, 6.07) is 15.5. The molecule has 2 unspecified atom stereocenters. The normalized spacial score (nSPS) is 20.8. The number of aromatic nitrogens is 2. The molecule has 140 valence electrons. The molecule has 0 bridgehead atoms. The third-order valence-corrected chi connectivity index (χ3v) is 5.84. The van der Waals surface area contributed by atoms with Crippen molar-refractivity contribution in [3.63, 3.8) is 0 Å². The van der Waals surface area contributed by atoms with E-state index in [1.807, 2.05) is 47.4 Å². The van der Waals surface area contributed by atoms with Gasteiger partial charge in [-0.2, -0.15) is 0 Å². The second kappa shape index (κ2) is 6.41. The molecule has 2 atom stereocenters. The fourth-order valence-electron chi connectivity index (χ4n) is 4.44. The zero-order valence-corrected chi connectivity index (χ0v) is 15.6. The van der Waals surface area contributed by atoms with Gasteiger partial charge in [0.1, 0.15) is 5.69 Å². The molecule has 2 aliphatic heterocycles. The zero-order chi connectivity index (χ0) is 19.3. The topological polar surface area (TPSA) is 66.4 Å². The van der Waals surface area contributed by atoms with Crippen LogP contribution in [0.5, 0.6) is 0 Å². The maximum Gasteiger partial charge on any atom is 0.278 e. The second-order valence-corrected chi connectivity index (χ2v) is 7.51. The highest BCUT2D eigenvalue weighted by molar-refractivity contribution is 6.06. The SMILES string of the molecule is CC(=O)N1CC2CN(C(=O)c3cnc4ccccc4n3)c3ccccc3C2C1. The van der Waals surface area contributed by atoms with E-state index in [1.54, 1.807) is 18.0 Å². The number of hydrogen-bond acceptors (Lipinski definition) is 4. The number of carbonyl (C=O) groups is 2. The smallest absolute Gasteiger partial charge is 0.278 e. The molecule has 0 spiro atoms. The van der Waals surface area contributed by atoms with E-state index in [2.05, 4.69) is 16.0 Å². The second-order valence-electron chi connectivity index (χ2n) is 7.51. The van der Waals surface area contributed by atoms with Gasteiger partial charge in [0, 0.05) is 44.1 Å².